The van der Waals surface area contributed by atoms with E-state index in [4.69, 9.17) is 18.9 Å². The number of thiol groups is 1. The Morgan fingerprint density at radius 3 is 2.58 bits per heavy atom. The third kappa shape index (κ3) is 4.23. The van der Waals surface area contributed by atoms with E-state index < -0.39 is 48.2 Å². The molecule has 6 nitrogen and oxygen atoms in total. The van der Waals surface area contributed by atoms with Gasteiger partial charge in [-0.3, -0.25) is 0 Å². The summed E-state index contributed by atoms with van der Waals surface area (Å²) in [6, 6.07) is 0. The van der Waals surface area contributed by atoms with E-state index in [1.54, 1.807) is 13.8 Å². The molecule has 142 valence electrons. The van der Waals surface area contributed by atoms with Gasteiger partial charge in [0.05, 0.1) is 30.7 Å². The Kier molecular flexibility index (Phi) is 7.73. The SMILES string of the molecule is CCOC1C(C)OC(OC2C(CC)COC(CO)C2O)C(S)C1F. The minimum absolute atomic E-state index is 0.0649. The Hall–Kier alpha value is 0.0400. The molecule has 0 bridgehead atoms. The molecule has 2 saturated heterocycles. The summed E-state index contributed by atoms with van der Waals surface area (Å²) in [5.74, 6) is -0.0649. The van der Waals surface area contributed by atoms with Crippen molar-refractivity contribution in [1.82, 2.24) is 0 Å². The van der Waals surface area contributed by atoms with Crippen molar-refractivity contribution in [2.45, 2.75) is 75.4 Å². The summed E-state index contributed by atoms with van der Waals surface area (Å²) in [5.41, 5.74) is 0. The molecule has 0 spiro atoms. The van der Waals surface area contributed by atoms with E-state index in [2.05, 4.69) is 12.6 Å². The predicted octanol–water partition coefficient (Wildman–Crippen LogP) is 0.936. The number of aliphatic hydroxyl groups excluding tert-OH is 2. The normalized spacial score (nSPS) is 46.9. The third-order valence-corrected chi connectivity index (χ3v) is 5.32. The molecule has 9 atom stereocenters. The van der Waals surface area contributed by atoms with Crippen molar-refractivity contribution in [3.8, 4) is 0 Å². The van der Waals surface area contributed by atoms with Gasteiger partial charge in [0.2, 0.25) is 0 Å². The second-order valence-corrected chi connectivity index (χ2v) is 6.97. The van der Waals surface area contributed by atoms with Crippen LogP contribution in [0.15, 0.2) is 0 Å². The fraction of sp³-hybridized carbons (Fsp3) is 1.00. The molecule has 0 aromatic rings. The van der Waals surface area contributed by atoms with Crippen LogP contribution in [-0.4, -0.2) is 78.3 Å². The molecule has 0 aromatic carbocycles. The van der Waals surface area contributed by atoms with Crippen molar-refractivity contribution in [3.63, 3.8) is 0 Å². The molecule has 0 radical (unpaired) electrons. The van der Waals surface area contributed by atoms with Gasteiger partial charge in [-0.05, 0) is 20.3 Å². The summed E-state index contributed by atoms with van der Waals surface area (Å²) in [5, 5.41) is 18.9. The van der Waals surface area contributed by atoms with Crippen molar-refractivity contribution in [1.29, 1.82) is 0 Å². The minimum Gasteiger partial charge on any atom is -0.394 e. The number of rotatable bonds is 6. The second kappa shape index (κ2) is 9.12. The van der Waals surface area contributed by atoms with Crippen molar-refractivity contribution >= 4 is 12.6 Å². The molecule has 9 unspecified atom stereocenters. The van der Waals surface area contributed by atoms with Gasteiger partial charge in [-0.25, -0.2) is 4.39 Å². The monoisotopic (exact) mass is 368 g/mol. The molecule has 8 heteroatoms. The lowest BCUT2D eigenvalue weighted by Gasteiger charge is -2.45. The van der Waals surface area contributed by atoms with Crippen LogP contribution in [0.25, 0.3) is 0 Å². The quantitative estimate of drug-likeness (QED) is 0.606. The highest BCUT2D eigenvalue weighted by Gasteiger charge is 2.48. The zero-order valence-corrected chi connectivity index (χ0v) is 15.3. The van der Waals surface area contributed by atoms with Crippen LogP contribution in [-0.2, 0) is 18.9 Å². The number of ether oxygens (including phenoxy) is 4. The maximum atomic E-state index is 14.6. The molecule has 2 aliphatic heterocycles. The molecule has 0 saturated carbocycles. The summed E-state index contributed by atoms with van der Waals surface area (Å²) in [4.78, 5) is 0. The molecule has 2 N–H and O–H groups in total. The minimum atomic E-state index is -1.34. The first-order valence-electron chi connectivity index (χ1n) is 8.59. The van der Waals surface area contributed by atoms with Gasteiger partial charge in [-0.15, -0.1) is 0 Å². The van der Waals surface area contributed by atoms with E-state index in [-0.39, 0.29) is 12.5 Å². The number of halogens is 1. The Morgan fingerprint density at radius 2 is 2.00 bits per heavy atom. The maximum Gasteiger partial charge on any atom is 0.173 e. The van der Waals surface area contributed by atoms with E-state index in [0.717, 1.165) is 6.42 Å². The Morgan fingerprint density at radius 1 is 1.29 bits per heavy atom. The second-order valence-electron chi connectivity index (χ2n) is 6.38. The molecule has 2 rings (SSSR count). The zero-order chi connectivity index (χ0) is 17.9. The van der Waals surface area contributed by atoms with Gasteiger partial charge in [0, 0.05) is 12.5 Å². The molecule has 2 fully saturated rings. The number of alkyl halides is 1. The van der Waals surface area contributed by atoms with Crippen LogP contribution in [0.3, 0.4) is 0 Å². The van der Waals surface area contributed by atoms with Crippen LogP contribution in [0.5, 0.6) is 0 Å². The summed E-state index contributed by atoms with van der Waals surface area (Å²) < 4.78 is 37.2. The maximum absolute atomic E-state index is 14.6. The molecule has 24 heavy (non-hydrogen) atoms. The largest absolute Gasteiger partial charge is 0.394 e. The van der Waals surface area contributed by atoms with E-state index in [9.17, 15) is 14.6 Å². The fourth-order valence-corrected chi connectivity index (χ4v) is 3.60. The van der Waals surface area contributed by atoms with E-state index in [0.29, 0.717) is 13.2 Å². The van der Waals surface area contributed by atoms with E-state index >= 15 is 0 Å². The molecular weight excluding hydrogens is 339 g/mol. The summed E-state index contributed by atoms with van der Waals surface area (Å²) in [6.07, 6.45) is -5.02. The number of aliphatic hydroxyl groups is 2. The highest BCUT2D eigenvalue weighted by molar-refractivity contribution is 7.81. The van der Waals surface area contributed by atoms with Gasteiger partial charge in [0.25, 0.3) is 0 Å². The molecule has 0 aromatic heterocycles. The standard InChI is InChI=1S/C16H29FO6S/c1-4-9-7-21-10(6-18)12(19)14(9)23-16-15(24)11(17)13(20-5-2)8(3)22-16/h8-16,18-19,24H,4-7H2,1-3H3. The molecule has 0 amide bonds. The topological polar surface area (TPSA) is 77.4 Å². The predicted molar refractivity (Wildman–Crippen MR) is 88.9 cm³/mol. The van der Waals surface area contributed by atoms with Crippen molar-refractivity contribution < 1.29 is 33.6 Å². The first-order valence-corrected chi connectivity index (χ1v) is 9.11. The Balaban J connectivity index is 2.07. The molecular formula is C16H29FO6S. The lowest BCUT2D eigenvalue weighted by atomic mass is 9.90. The van der Waals surface area contributed by atoms with Crippen LogP contribution in [0.1, 0.15) is 27.2 Å². The first-order chi connectivity index (χ1) is 11.4. The van der Waals surface area contributed by atoms with Gasteiger partial charge in [0.1, 0.15) is 24.5 Å². The average molecular weight is 368 g/mol. The lowest BCUT2D eigenvalue weighted by molar-refractivity contribution is -0.289. The van der Waals surface area contributed by atoms with Crippen molar-refractivity contribution in [2.24, 2.45) is 5.92 Å². The first kappa shape index (κ1) is 20.4. The summed E-state index contributed by atoms with van der Waals surface area (Å²) in [6.45, 7) is 5.94. The smallest absolute Gasteiger partial charge is 0.173 e. The van der Waals surface area contributed by atoms with Gasteiger partial charge in [-0.2, -0.15) is 12.6 Å². The van der Waals surface area contributed by atoms with Crippen LogP contribution in [0.2, 0.25) is 0 Å². The Bertz CT molecular complexity index is 390. The van der Waals surface area contributed by atoms with Crippen molar-refractivity contribution in [3.05, 3.63) is 0 Å². The lowest BCUT2D eigenvalue weighted by Crippen LogP contribution is -2.59. The molecule has 0 aliphatic carbocycles. The van der Waals surface area contributed by atoms with Crippen LogP contribution < -0.4 is 0 Å². The zero-order valence-electron chi connectivity index (χ0n) is 14.4. The molecule has 2 heterocycles. The highest BCUT2D eigenvalue weighted by Crippen LogP contribution is 2.34. The average Bonchev–Trinajstić information content (AvgIpc) is 2.57. The third-order valence-electron chi connectivity index (χ3n) is 4.79. The van der Waals surface area contributed by atoms with Gasteiger partial charge in [0.15, 0.2) is 6.29 Å². The van der Waals surface area contributed by atoms with Gasteiger partial charge < -0.3 is 29.2 Å². The highest BCUT2D eigenvalue weighted by atomic mass is 32.1. The number of hydrogen-bond donors (Lipinski definition) is 3. The van der Waals surface area contributed by atoms with Crippen LogP contribution >= 0.6 is 12.6 Å². The number of hydrogen-bond acceptors (Lipinski definition) is 7. The van der Waals surface area contributed by atoms with Crippen LogP contribution in [0.4, 0.5) is 4.39 Å². The van der Waals surface area contributed by atoms with E-state index in [1.165, 1.54) is 0 Å². The van der Waals surface area contributed by atoms with E-state index in [1.807, 2.05) is 6.92 Å². The van der Waals surface area contributed by atoms with Crippen LogP contribution in [0, 0.1) is 5.92 Å². The summed E-state index contributed by atoms with van der Waals surface area (Å²) >= 11 is 4.31. The van der Waals surface area contributed by atoms with Crippen molar-refractivity contribution in [2.75, 3.05) is 19.8 Å². The fourth-order valence-electron chi connectivity index (χ4n) is 3.29. The molecule has 2 aliphatic rings. The van der Waals surface area contributed by atoms with Gasteiger partial charge in [-0.1, -0.05) is 6.92 Å². The van der Waals surface area contributed by atoms with Gasteiger partial charge >= 0.3 is 0 Å². The summed E-state index contributed by atoms with van der Waals surface area (Å²) in [7, 11) is 0. The Labute approximate surface area is 148 Å².